The Morgan fingerprint density at radius 2 is 1.62 bits per heavy atom. The highest BCUT2D eigenvalue weighted by Crippen LogP contribution is 2.30. The van der Waals surface area contributed by atoms with Gasteiger partial charge in [0, 0.05) is 21.7 Å². The quantitative estimate of drug-likeness (QED) is 0.809. The van der Waals surface area contributed by atoms with Gasteiger partial charge < -0.3 is 14.6 Å². The molecule has 0 saturated carbocycles. The van der Waals surface area contributed by atoms with Crippen molar-refractivity contribution in [3.8, 4) is 11.5 Å². The molecule has 0 radical (unpaired) electrons. The van der Waals surface area contributed by atoms with Gasteiger partial charge in [0.25, 0.3) is 0 Å². The minimum Gasteiger partial charge on any atom is -0.497 e. The molecule has 1 atom stereocenters. The molecule has 21 heavy (non-hydrogen) atoms. The standard InChI is InChI=1S/C16H17ClO3S/c1-19-13-7-11(8-14(9-13)20-2)16(18)10-21-15-5-3-12(17)4-6-15/h3-9,16,18H,10H2,1-2H3. The van der Waals surface area contributed by atoms with Crippen molar-refractivity contribution in [1.82, 2.24) is 0 Å². The maximum Gasteiger partial charge on any atom is 0.122 e. The first-order valence-electron chi connectivity index (χ1n) is 6.42. The monoisotopic (exact) mass is 324 g/mol. The molecule has 0 bridgehead atoms. The van der Waals surface area contributed by atoms with E-state index in [1.807, 2.05) is 36.4 Å². The predicted octanol–water partition coefficient (Wildman–Crippen LogP) is 4.18. The zero-order valence-electron chi connectivity index (χ0n) is 11.9. The molecule has 0 saturated heterocycles. The van der Waals surface area contributed by atoms with Crippen molar-refractivity contribution < 1.29 is 14.6 Å². The molecule has 112 valence electrons. The molecule has 0 amide bonds. The molecule has 5 heteroatoms. The van der Waals surface area contributed by atoms with Crippen molar-refractivity contribution in [2.75, 3.05) is 20.0 Å². The largest absolute Gasteiger partial charge is 0.497 e. The van der Waals surface area contributed by atoms with Gasteiger partial charge in [-0.1, -0.05) is 11.6 Å². The smallest absolute Gasteiger partial charge is 0.122 e. The highest BCUT2D eigenvalue weighted by atomic mass is 35.5. The fraction of sp³-hybridized carbons (Fsp3) is 0.250. The first kappa shape index (κ1) is 16.0. The number of hydrogen-bond donors (Lipinski definition) is 1. The van der Waals surface area contributed by atoms with Crippen LogP contribution >= 0.6 is 23.4 Å². The second-order valence-corrected chi connectivity index (χ2v) is 5.96. The van der Waals surface area contributed by atoms with Gasteiger partial charge in [0.05, 0.1) is 20.3 Å². The molecular formula is C16H17ClO3S. The highest BCUT2D eigenvalue weighted by molar-refractivity contribution is 7.99. The Bertz CT molecular complexity index is 564. The number of rotatable bonds is 6. The molecule has 1 unspecified atom stereocenters. The van der Waals surface area contributed by atoms with Gasteiger partial charge in [-0.25, -0.2) is 0 Å². The maximum atomic E-state index is 10.3. The lowest BCUT2D eigenvalue weighted by Gasteiger charge is -2.13. The van der Waals surface area contributed by atoms with Gasteiger partial charge in [-0.15, -0.1) is 11.8 Å². The fourth-order valence-corrected chi connectivity index (χ4v) is 2.82. The van der Waals surface area contributed by atoms with Gasteiger partial charge in [0.2, 0.25) is 0 Å². The summed E-state index contributed by atoms with van der Waals surface area (Å²) in [5.74, 6) is 1.87. The first-order chi connectivity index (χ1) is 10.1. The summed E-state index contributed by atoms with van der Waals surface area (Å²) in [5.41, 5.74) is 0.771. The summed E-state index contributed by atoms with van der Waals surface area (Å²) >= 11 is 7.42. The van der Waals surface area contributed by atoms with Gasteiger partial charge >= 0.3 is 0 Å². The Morgan fingerprint density at radius 1 is 1.05 bits per heavy atom. The van der Waals surface area contributed by atoms with Gasteiger partial charge in [0.1, 0.15) is 11.5 Å². The lowest BCUT2D eigenvalue weighted by molar-refractivity contribution is 0.203. The molecule has 2 aromatic rings. The van der Waals surface area contributed by atoms with E-state index in [1.54, 1.807) is 32.0 Å². The van der Waals surface area contributed by atoms with Crippen LogP contribution < -0.4 is 9.47 Å². The van der Waals surface area contributed by atoms with Crippen LogP contribution in [0.25, 0.3) is 0 Å². The van der Waals surface area contributed by atoms with Gasteiger partial charge in [0.15, 0.2) is 0 Å². The zero-order valence-corrected chi connectivity index (χ0v) is 13.4. The van der Waals surface area contributed by atoms with Crippen molar-refractivity contribution in [3.05, 3.63) is 53.1 Å². The van der Waals surface area contributed by atoms with Gasteiger partial charge in [-0.3, -0.25) is 0 Å². The van der Waals surface area contributed by atoms with E-state index >= 15 is 0 Å². The second kappa shape index (κ2) is 7.59. The summed E-state index contributed by atoms with van der Waals surface area (Å²) in [6.07, 6.45) is -0.602. The molecule has 1 N–H and O–H groups in total. The Labute approximate surface area is 133 Å². The van der Waals surface area contributed by atoms with Crippen LogP contribution in [0.4, 0.5) is 0 Å². The van der Waals surface area contributed by atoms with Crippen molar-refractivity contribution in [2.45, 2.75) is 11.0 Å². The minimum absolute atomic E-state index is 0.540. The molecule has 0 aromatic heterocycles. The van der Waals surface area contributed by atoms with E-state index in [2.05, 4.69) is 0 Å². The maximum absolute atomic E-state index is 10.3. The van der Waals surface area contributed by atoms with Crippen LogP contribution in [-0.2, 0) is 0 Å². The predicted molar refractivity (Wildman–Crippen MR) is 86.7 cm³/mol. The van der Waals surface area contributed by atoms with Crippen LogP contribution in [0.5, 0.6) is 11.5 Å². The molecule has 0 aliphatic rings. The number of aliphatic hydroxyl groups excluding tert-OH is 1. The van der Waals surface area contributed by atoms with Crippen LogP contribution in [0.3, 0.4) is 0 Å². The molecule has 0 aliphatic carbocycles. The number of halogens is 1. The highest BCUT2D eigenvalue weighted by Gasteiger charge is 2.11. The van der Waals surface area contributed by atoms with Crippen LogP contribution in [0.15, 0.2) is 47.4 Å². The van der Waals surface area contributed by atoms with Crippen LogP contribution in [-0.4, -0.2) is 25.1 Å². The number of methoxy groups -OCH3 is 2. The summed E-state index contributed by atoms with van der Waals surface area (Å²) in [4.78, 5) is 1.06. The Balaban J connectivity index is 2.05. The summed E-state index contributed by atoms with van der Waals surface area (Å²) in [6.45, 7) is 0. The fourth-order valence-electron chi connectivity index (χ4n) is 1.82. The van der Waals surface area contributed by atoms with Gasteiger partial charge in [-0.05, 0) is 42.0 Å². The Morgan fingerprint density at radius 3 is 2.14 bits per heavy atom. The lowest BCUT2D eigenvalue weighted by atomic mass is 10.1. The van der Waals surface area contributed by atoms with E-state index in [0.29, 0.717) is 22.3 Å². The summed E-state index contributed by atoms with van der Waals surface area (Å²) < 4.78 is 10.4. The van der Waals surface area contributed by atoms with E-state index in [1.165, 1.54) is 0 Å². The Hall–Kier alpha value is -1.36. The third kappa shape index (κ3) is 4.56. The molecule has 3 nitrogen and oxygen atoms in total. The number of ether oxygens (including phenoxy) is 2. The van der Waals surface area contributed by atoms with Crippen molar-refractivity contribution in [3.63, 3.8) is 0 Å². The average Bonchev–Trinajstić information content (AvgIpc) is 2.53. The topological polar surface area (TPSA) is 38.7 Å². The van der Waals surface area contributed by atoms with E-state index in [9.17, 15) is 5.11 Å². The molecule has 2 rings (SSSR count). The second-order valence-electron chi connectivity index (χ2n) is 4.43. The van der Waals surface area contributed by atoms with E-state index < -0.39 is 6.10 Å². The number of aliphatic hydroxyl groups is 1. The van der Waals surface area contributed by atoms with Crippen molar-refractivity contribution in [2.24, 2.45) is 0 Å². The molecule has 2 aromatic carbocycles. The van der Waals surface area contributed by atoms with Crippen LogP contribution in [0.2, 0.25) is 5.02 Å². The minimum atomic E-state index is -0.602. The van der Waals surface area contributed by atoms with Crippen LogP contribution in [0.1, 0.15) is 11.7 Å². The number of thioether (sulfide) groups is 1. The zero-order chi connectivity index (χ0) is 15.2. The number of hydrogen-bond acceptors (Lipinski definition) is 4. The molecule has 0 spiro atoms. The van der Waals surface area contributed by atoms with Crippen molar-refractivity contribution >= 4 is 23.4 Å². The SMILES string of the molecule is COc1cc(OC)cc(C(O)CSc2ccc(Cl)cc2)c1. The average molecular weight is 325 g/mol. The molecule has 0 fully saturated rings. The first-order valence-corrected chi connectivity index (χ1v) is 7.78. The lowest BCUT2D eigenvalue weighted by Crippen LogP contribution is -2.02. The van der Waals surface area contributed by atoms with E-state index in [-0.39, 0.29) is 0 Å². The summed E-state index contributed by atoms with van der Waals surface area (Å²) in [5, 5.41) is 11.0. The molecular weight excluding hydrogens is 308 g/mol. The van der Waals surface area contributed by atoms with Gasteiger partial charge in [-0.2, -0.15) is 0 Å². The molecule has 0 heterocycles. The normalized spacial score (nSPS) is 12.0. The third-order valence-corrected chi connectivity index (χ3v) is 4.32. The summed E-state index contributed by atoms with van der Waals surface area (Å²) in [7, 11) is 3.18. The molecule has 0 aliphatic heterocycles. The summed E-state index contributed by atoms with van der Waals surface area (Å²) in [6, 6.07) is 13.0. The van der Waals surface area contributed by atoms with E-state index in [4.69, 9.17) is 21.1 Å². The number of benzene rings is 2. The van der Waals surface area contributed by atoms with Crippen molar-refractivity contribution in [1.29, 1.82) is 0 Å². The van der Waals surface area contributed by atoms with Crippen LogP contribution in [0, 0.1) is 0 Å². The van der Waals surface area contributed by atoms with E-state index in [0.717, 1.165) is 10.5 Å². The Kier molecular flexibility index (Phi) is 5.79. The third-order valence-electron chi connectivity index (χ3n) is 2.98.